The second-order valence-electron chi connectivity index (χ2n) is 5.80. The van der Waals surface area contributed by atoms with E-state index in [0.29, 0.717) is 16.7 Å². The molecule has 1 aromatic carbocycles. The lowest BCUT2D eigenvalue weighted by atomic mass is 10.3. The molecule has 0 saturated carbocycles. The molecule has 0 spiro atoms. The molecule has 3 aromatic rings. The summed E-state index contributed by atoms with van der Waals surface area (Å²) in [5, 5.41) is 5.02. The second kappa shape index (κ2) is 6.68. The SMILES string of the molecule is Cc1cc(C)n2nc(SCC(=O)N3CCSc4ccccc43)nc2n1. The number of fused-ring (bicyclic) bond motifs is 2. The smallest absolute Gasteiger partial charge is 0.253 e. The number of carbonyl (C=O) groups is 1. The van der Waals surface area contributed by atoms with Crippen LogP contribution in [-0.2, 0) is 4.79 Å². The van der Waals surface area contributed by atoms with E-state index in [4.69, 9.17) is 0 Å². The molecule has 0 fully saturated rings. The predicted molar refractivity (Wildman–Crippen MR) is 100 cm³/mol. The van der Waals surface area contributed by atoms with Crippen LogP contribution in [0.3, 0.4) is 0 Å². The first-order valence-electron chi connectivity index (χ1n) is 7.98. The molecule has 0 N–H and O–H groups in total. The zero-order chi connectivity index (χ0) is 17.4. The lowest BCUT2D eigenvalue weighted by molar-refractivity contribution is -0.116. The minimum atomic E-state index is 0.0810. The summed E-state index contributed by atoms with van der Waals surface area (Å²) in [6.07, 6.45) is 0. The molecular formula is C17H17N5OS2. The van der Waals surface area contributed by atoms with Crippen molar-refractivity contribution in [2.75, 3.05) is 23.0 Å². The van der Waals surface area contributed by atoms with Crippen molar-refractivity contribution >= 4 is 40.9 Å². The molecule has 25 heavy (non-hydrogen) atoms. The number of thioether (sulfide) groups is 2. The Labute approximate surface area is 154 Å². The number of aromatic nitrogens is 4. The van der Waals surface area contributed by atoms with Crippen LogP contribution in [0.2, 0.25) is 0 Å². The maximum atomic E-state index is 12.7. The van der Waals surface area contributed by atoms with Crippen LogP contribution in [0.5, 0.6) is 0 Å². The van der Waals surface area contributed by atoms with E-state index in [1.807, 2.05) is 43.0 Å². The summed E-state index contributed by atoms with van der Waals surface area (Å²) in [7, 11) is 0. The molecule has 0 atom stereocenters. The van der Waals surface area contributed by atoms with Crippen molar-refractivity contribution in [2.45, 2.75) is 23.9 Å². The summed E-state index contributed by atoms with van der Waals surface area (Å²) in [4.78, 5) is 24.5. The highest BCUT2D eigenvalue weighted by Crippen LogP contribution is 2.34. The molecule has 128 valence electrons. The molecule has 6 nitrogen and oxygen atoms in total. The van der Waals surface area contributed by atoms with Gasteiger partial charge in [-0.15, -0.1) is 16.9 Å². The van der Waals surface area contributed by atoms with E-state index in [0.717, 1.165) is 34.3 Å². The predicted octanol–water partition coefficient (Wildman–Crippen LogP) is 2.97. The zero-order valence-corrected chi connectivity index (χ0v) is 15.6. The number of hydrogen-bond acceptors (Lipinski definition) is 6. The molecule has 0 aliphatic carbocycles. The van der Waals surface area contributed by atoms with Gasteiger partial charge in [0.15, 0.2) is 0 Å². The molecule has 4 rings (SSSR count). The first kappa shape index (κ1) is 16.4. The molecular weight excluding hydrogens is 354 g/mol. The summed E-state index contributed by atoms with van der Waals surface area (Å²) < 4.78 is 1.71. The average Bonchev–Trinajstić information content (AvgIpc) is 3.02. The third-order valence-corrected chi connectivity index (χ3v) is 5.82. The van der Waals surface area contributed by atoms with Gasteiger partial charge in [-0.05, 0) is 32.0 Å². The van der Waals surface area contributed by atoms with Crippen molar-refractivity contribution in [3.05, 3.63) is 41.7 Å². The third-order valence-electron chi connectivity index (χ3n) is 3.95. The number of benzene rings is 1. The monoisotopic (exact) mass is 371 g/mol. The molecule has 1 aliphatic rings. The van der Waals surface area contributed by atoms with Crippen LogP contribution in [0.1, 0.15) is 11.4 Å². The normalized spacial score (nSPS) is 13.9. The fraction of sp³-hybridized carbons (Fsp3) is 0.294. The van der Waals surface area contributed by atoms with Crippen molar-refractivity contribution in [3.63, 3.8) is 0 Å². The molecule has 0 bridgehead atoms. The van der Waals surface area contributed by atoms with Gasteiger partial charge in [0, 0.05) is 28.6 Å². The summed E-state index contributed by atoms with van der Waals surface area (Å²) >= 11 is 3.15. The van der Waals surface area contributed by atoms with Gasteiger partial charge < -0.3 is 4.90 Å². The van der Waals surface area contributed by atoms with E-state index >= 15 is 0 Å². The molecule has 1 amide bonds. The summed E-state index contributed by atoms with van der Waals surface area (Å²) in [5.41, 5.74) is 2.89. The van der Waals surface area contributed by atoms with Crippen molar-refractivity contribution in [1.29, 1.82) is 0 Å². The highest BCUT2D eigenvalue weighted by atomic mass is 32.2. The molecule has 3 heterocycles. The Bertz CT molecular complexity index is 955. The van der Waals surface area contributed by atoms with Gasteiger partial charge in [0.1, 0.15) is 0 Å². The van der Waals surface area contributed by atoms with E-state index in [1.54, 1.807) is 16.3 Å². The van der Waals surface area contributed by atoms with Gasteiger partial charge in [-0.3, -0.25) is 4.79 Å². The van der Waals surface area contributed by atoms with Gasteiger partial charge >= 0.3 is 0 Å². The minimum Gasteiger partial charge on any atom is -0.310 e. The minimum absolute atomic E-state index is 0.0810. The van der Waals surface area contributed by atoms with E-state index in [1.165, 1.54) is 11.8 Å². The van der Waals surface area contributed by atoms with Gasteiger partial charge in [-0.2, -0.15) is 4.98 Å². The molecule has 1 aliphatic heterocycles. The second-order valence-corrected chi connectivity index (χ2v) is 7.87. The maximum absolute atomic E-state index is 12.7. The lowest BCUT2D eigenvalue weighted by Gasteiger charge is -2.28. The van der Waals surface area contributed by atoms with E-state index in [-0.39, 0.29) is 5.91 Å². The lowest BCUT2D eigenvalue weighted by Crippen LogP contribution is -2.36. The number of nitrogens with zero attached hydrogens (tertiary/aromatic N) is 5. The Kier molecular flexibility index (Phi) is 4.39. The molecule has 8 heteroatoms. The zero-order valence-electron chi connectivity index (χ0n) is 14.0. The maximum Gasteiger partial charge on any atom is 0.253 e. The fourth-order valence-electron chi connectivity index (χ4n) is 2.84. The molecule has 0 saturated heterocycles. The number of amides is 1. The average molecular weight is 371 g/mol. The molecule has 0 radical (unpaired) electrons. The summed E-state index contributed by atoms with van der Waals surface area (Å²) in [6, 6.07) is 10.0. The van der Waals surface area contributed by atoms with E-state index in [9.17, 15) is 4.79 Å². The van der Waals surface area contributed by atoms with Gasteiger partial charge in [0.2, 0.25) is 11.1 Å². The first-order chi connectivity index (χ1) is 12.1. The Morgan fingerprint density at radius 3 is 3.00 bits per heavy atom. The Morgan fingerprint density at radius 2 is 2.12 bits per heavy atom. The highest BCUT2D eigenvalue weighted by Gasteiger charge is 2.23. The van der Waals surface area contributed by atoms with E-state index < -0.39 is 0 Å². The van der Waals surface area contributed by atoms with Gasteiger partial charge in [0.05, 0.1) is 11.4 Å². The topological polar surface area (TPSA) is 63.4 Å². The number of aryl methyl sites for hydroxylation is 2. The standard InChI is InChI=1S/C17H17N5OS2/c1-11-9-12(2)22-16(18-11)19-17(20-22)25-10-15(23)21-7-8-24-14-6-4-3-5-13(14)21/h3-6,9H,7-8,10H2,1-2H3. The van der Waals surface area contributed by atoms with E-state index in [2.05, 4.69) is 21.1 Å². The quantitative estimate of drug-likeness (QED) is 0.660. The Hall–Kier alpha value is -2.06. The van der Waals surface area contributed by atoms with Gasteiger partial charge in [-0.1, -0.05) is 23.9 Å². The highest BCUT2D eigenvalue weighted by molar-refractivity contribution is 8.00. The number of para-hydroxylation sites is 1. The molecule has 2 aromatic heterocycles. The fourth-order valence-corrected chi connectivity index (χ4v) is 4.53. The van der Waals surface area contributed by atoms with Crippen molar-refractivity contribution in [1.82, 2.24) is 19.6 Å². The number of anilines is 1. The summed E-state index contributed by atoms with van der Waals surface area (Å²) in [5.74, 6) is 1.89. The van der Waals surface area contributed by atoms with Crippen LogP contribution < -0.4 is 4.90 Å². The third kappa shape index (κ3) is 3.23. The van der Waals surface area contributed by atoms with Crippen LogP contribution in [0, 0.1) is 13.8 Å². The Morgan fingerprint density at radius 1 is 1.28 bits per heavy atom. The first-order valence-corrected chi connectivity index (χ1v) is 9.95. The van der Waals surface area contributed by atoms with Gasteiger partial charge in [0.25, 0.3) is 5.78 Å². The van der Waals surface area contributed by atoms with Crippen molar-refractivity contribution < 1.29 is 4.79 Å². The van der Waals surface area contributed by atoms with Crippen LogP contribution in [0.25, 0.3) is 5.78 Å². The Balaban J connectivity index is 1.50. The number of rotatable bonds is 3. The van der Waals surface area contributed by atoms with Gasteiger partial charge in [-0.25, -0.2) is 9.50 Å². The largest absolute Gasteiger partial charge is 0.310 e. The van der Waals surface area contributed by atoms with Crippen LogP contribution in [0.4, 0.5) is 5.69 Å². The molecule has 0 unspecified atom stereocenters. The van der Waals surface area contributed by atoms with Crippen LogP contribution in [0.15, 0.2) is 40.4 Å². The van der Waals surface area contributed by atoms with Crippen molar-refractivity contribution in [2.24, 2.45) is 0 Å². The van der Waals surface area contributed by atoms with Crippen LogP contribution in [-0.4, -0.2) is 43.5 Å². The summed E-state index contributed by atoms with van der Waals surface area (Å²) in [6.45, 7) is 4.64. The number of carbonyl (C=O) groups excluding carboxylic acids is 1. The van der Waals surface area contributed by atoms with Crippen molar-refractivity contribution in [3.8, 4) is 0 Å². The number of hydrogen-bond donors (Lipinski definition) is 0. The van der Waals surface area contributed by atoms with Crippen LogP contribution >= 0.6 is 23.5 Å².